The van der Waals surface area contributed by atoms with E-state index in [-0.39, 0.29) is 32.5 Å². The highest BCUT2D eigenvalue weighted by Gasteiger charge is 2.47. The average molecular weight is 531 g/mol. The number of nitrogens with zero attached hydrogens (tertiary/aromatic N) is 2. The summed E-state index contributed by atoms with van der Waals surface area (Å²) in [6.45, 7) is 2.15. The third-order valence-electron chi connectivity index (χ3n) is 7.84. The first kappa shape index (κ1) is 26.5. The van der Waals surface area contributed by atoms with Crippen molar-refractivity contribution in [3.63, 3.8) is 0 Å². The molecule has 0 aliphatic carbocycles. The molecule has 5 rings (SSSR count). The lowest BCUT2D eigenvalue weighted by Crippen LogP contribution is -2.44. The molecule has 0 bridgehead atoms. The van der Waals surface area contributed by atoms with Gasteiger partial charge in [-0.3, -0.25) is 0 Å². The first-order chi connectivity index (χ1) is 18.0. The molecule has 0 radical (unpaired) electrons. The van der Waals surface area contributed by atoms with E-state index in [1.165, 1.54) is 0 Å². The van der Waals surface area contributed by atoms with Gasteiger partial charge in [-0.25, -0.2) is 8.78 Å². The Morgan fingerprint density at radius 1 is 0.921 bits per heavy atom. The van der Waals surface area contributed by atoms with Crippen molar-refractivity contribution in [2.45, 2.75) is 49.8 Å². The highest BCUT2D eigenvalue weighted by Crippen LogP contribution is 2.48. The minimum atomic E-state index is -4.73. The molecule has 0 saturated carbocycles. The molecule has 202 valence electrons. The molecule has 3 aromatic carbocycles. The normalized spacial score (nSPS) is 21.9. The van der Waals surface area contributed by atoms with Gasteiger partial charge in [0.25, 0.3) is 5.92 Å². The minimum absolute atomic E-state index is 0.211. The Morgan fingerprint density at radius 3 is 2.34 bits per heavy atom. The molecule has 3 nitrogen and oxygen atoms in total. The lowest BCUT2D eigenvalue weighted by atomic mass is 9.71. The van der Waals surface area contributed by atoms with E-state index in [9.17, 15) is 27.1 Å². The highest BCUT2D eigenvalue weighted by molar-refractivity contribution is 5.68. The smallest absolute Gasteiger partial charge is 0.382 e. The van der Waals surface area contributed by atoms with E-state index < -0.39 is 30.2 Å². The van der Waals surface area contributed by atoms with Crippen molar-refractivity contribution in [2.24, 2.45) is 0 Å². The summed E-state index contributed by atoms with van der Waals surface area (Å²) in [4.78, 5) is 3.57. The zero-order valence-corrected chi connectivity index (χ0v) is 21.2. The Kier molecular flexibility index (Phi) is 6.88. The van der Waals surface area contributed by atoms with Crippen molar-refractivity contribution < 1.29 is 27.1 Å². The predicted molar refractivity (Wildman–Crippen MR) is 139 cm³/mol. The van der Waals surface area contributed by atoms with E-state index in [4.69, 9.17) is 0 Å². The van der Waals surface area contributed by atoms with Crippen LogP contribution >= 0.6 is 0 Å². The number of piperidine rings is 1. The number of aliphatic hydroxyl groups excluding tert-OH is 1. The van der Waals surface area contributed by atoms with Crippen LogP contribution in [0.5, 0.6) is 0 Å². The van der Waals surface area contributed by atoms with Gasteiger partial charge in [-0.1, -0.05) is 60.2 Å². The van der Waals surface area contributed by atoms with Crippen LogP contribution in [0, 0.1) is 6.92 Å². The second kappa shape index (κ2) is 9.88. The minimum Gasteiger partial charge on any atom is -0.382 e. The number of para-hydroxylation sites is 1. The Balaban J connectivity index is 1.59. The van der Waals surface area contributed by atoms with Crippen LogP contribution in [0.3, 0.4) is 0 Å². The molecule has 1 N–H and O–H groups in total. The van der Waals surface area contributed by atoms with Gasteiger partial charge < -0.3 is 14.9 Å². The van der Waals surface area contributed by atoms with E-state index in [1.54, 1.807) is 17.0 Å². The molecule has 1 saturated heterocycles. The number of benzene rings is 3. The lowest BCUT2D eigenvalue weighted by Gasteiger charge is -2.36. The van der Waals surface area contributed by atoms with Gasteiger partial charge in [-0.05, 0) is 48.2 Å². The highest BCUT2D eigenvalue weighted by atomic mass is 19.4. The second-order valence-corrected chi connectivity index (χ2v) is 10.6. The third-order valence-corrected chi connectivity index (χ3v) is 7.84. The van der Waals surface area contributed by atoms with Crippen molar-refractivity contribution in [1.82, 2.24) is 0 Å². The van der Waals surface area contributed by atoms with Gasteiger partial charge in [-0.2, -0.15) is 13.2 Å². The molecule has 8 heteroatoms. The number of rotatable bonds is 6. The molecular formula is C30H31F5N2O. The maximum Gasteiger partial charge on any atom is 0.416 e. The van der Waals surface area contributed by atoms with Crippen molar-refractivity contribution in [3.8, 4) is 0 Å². The summed E-state index contributed by atoms with van der Waals surface area (Å²) in [6.07, 6.45) is -7.10. The zero-order valence-electron chi connectivity index (χ0n) is 21.2. The number of anilines is 2. The molecular weight excluding hydrogens is 499 g/mol. The fourth-order valence-corrected chi connectivity index (χ4v) is 5.89. The van der Waals surface area contributed by atoms with Crippen LogP contribution < -0.4 is 9.80 Å². The fraction of sp³-hybridized carbons (Fsp3) is 0.400. The van der Waals surface area contributed by atoms with Crippen LogP contribution in [0.1, 0.15) is 35.1 Å². The molecule has 2 aliphatic rings. The van der Waals surface area contributed by atoms with Gasteiger partial charge in [0.15, 0.2) is 6.10 Å². The van der Waals surface area contributed by atoms with Crippen LogP contribution in [-0.2, 0) is 11.8 Å². The molecule has 0 spiro atoms. The van der Waals surface area contributed by atoms with Gasteiger partial charge >= 0.3 is 6.18 Å². The summed E-state index contributed by atoms with van der Waals surface area (Å²) < 4.78 is 67.7. The number of β-amino-alcohol motifs (C(OH)–C–C–N with tert-alkyl or cyclic N) is 1. The average Bonchev–Trinajstić information content (AvgIpc) is 3.18. The van der Waals surface area contributed by atoms with Crippen LogP contribution in [0.15, 0.2) is 72.8 Å². The van der Waals surface area contributed by atoms with E-state index in [2.05, 4.69) is 6.07 Å². The lowest BCUT2D eigenvalue weighted by molar-refractivity contribution is -0.200. The van der Waals surface area contributed by atoms with Gasteiger partial charge in [-0.15, -0.1) is 0 Å². The zero-order chi connectivity index (χ0) is 27.1. The summed E-state index contributed by atoms with van der Waals surface area (Å²) >= 11 is 0. The summed E-state index contributed by atoms with van der Waals surface area (Å²) in [5.74, 6) is -2.66. The molecule has 0 amide bonds. The monoisotopic (exact) mass is 530 g/mol. The Morgan fingerprint density at radius 2 is 1.63 bits per heavy atom. The van der Waals surface area contributed by atoms with E-state index in [1.807, 2.05) is 66.4 Å². The molecule has 2 heterocycles. The number of aryl methyl sites for hydroxylation is 1. The molecule has 38 heavy (non-hydrogen) atoms. The summed E-state index contributed by atoms with van der Waals surface area (Å²) in [5, 5.41) is 9.96. The number of halogens is 5. The first-order valence-electron chi connectivity index (χ1n) is 12.9. The standard InChI is InChI=1S/C30H31F5N2O/c1-21-6-4-7-22(16-21)18-28(23-8-5-9-24(17-23)36-14-12-29(31,32)13-15-36)20-37(19-27(38)30(33,34)35)26-11-3-2-10-25(26)28/h2-11,16-17,27,38H,12-15,18-20H2,1H3/t27-,28?/m1/s1. The van der Waals surface area contributed by atoms with E-state index in [0.717, 1.165) is 27.9 Å². The number of alkyl halides is 5. The van der Waals surface area contributed by atoms with Crippen LogP contribution in [0.4, 0.5) is 33.3 Å². The van der Waals surface area contributed by atoms with Gasteiger partial charge in [0.1, 0.15) is 0 Å². The maximum atomic E-state index is 13.8. The largest absolute Gasteiger partial charge is 0.416 e. The predicted octanol–water partition coefficient (Wildman–Crippen LogP) is 6.50. The molecule has 1 unspecified atom stereocenters. The van der Waals surface area contributed by atoms with Crippen molar-refractivity contribution in [1.29, 1.82) is 0 Å². The fourth-order valence-electron chi connectivity index (χ4n) is 5.89. The molecule has 0 aromatic heterocycles. The quantitative estimate of drug-likeness (QED) is 0.369. The van der Waals surface area contributed by atoms with Gasteiger partial charge in [0.2, 0.25) is 0 Å². The number of hydrogen-bond donors (Lipinski definition) is 1. The number of aliphatic hydroxyl groups is 1. The number of fused-ring (bicyclic) bond motifs is 1. The maximum absolute atomic E-state index is 13.8. The summed E-state index contributed by atoms with van der Waals surface area (Å²) in [7, 11) is 0. The SMILES string of the molecule is Cc1cccc(CC2(c3cccc(N4CCC(F)(F)CC4)c3)CN(C[C@@H](O)C(F)(F)F)c3ccccc32)c1. The topological polar surface area (TPSA) is 26.7 Å². The first-order valence-corrected chi connectivity index (χ1v) is 12.9. The summed E-state index contributed by atoms with van der Waals surface area (Å²) in [5.41, 5.74) is 4.70. The second-order valence-electron chi connectivity index (χ2n) is 10.6. The van der Waals surface area contributed by atoms with Crippen LogP contribution in [0.25, 0.3) is 0 Å². The Bertz CT molecular complexity index is 1280. The molecule has 2 atom stereocenters. The Hall–Kier alpha value is -3.13. The van der Waals surface area contributed by atoms with Gasteiger partial charge in [0.05, 0.1) is 6.54 Å². The van der Waals surface area contributed by atoms with Gasteiger partial charge in [0, 0.05) is 49.3 Å². The van der Waals surface area contributed by atoms with E-state index in [0.29, 0.717) is 12.1 Å². The third kappa shape index (κ3) is 5.23. The number of hydrogen-bond acceptors (Lipinski definition) is 3. The van der Waals surface area contributed by atoms with Crippen molar-refractivity contribution >= 4 is 11.4 Å². The van der Waals surface area contributed by atoms with Crippen LogP contribution in [-0.4, -0.2) is 49.5 Å². The van der Waals surface area contributed by atoms with E-state index >= 15 is 0 Å². The molecule has 2 aliphatic heterocycles. The molecule has 3 aromatic rings. The van der Waals surface area contributed by atoms with Crippen LogP contribution in [0.2, 0.25) is 0 Å². The van der Waals surface area contributed by atoms with Crippen molar-refractivity contribution in [2.75, 3.05) is 36.0 Å². The molecule has 1 fully saturated rings. The summed E-state index contributed by atoms with van der Waals surface area (Å²) in [6, 6.07) is 23.2. The van der Waals surface area contributed by atoms with Crippen molar-refractivity contribution in [3.05, 3.63) is 95.1 Å². The Labute approximate surface area is 219 Å².